The number of aromatic hydroxyl groups is 1. The lowest BCUT2D eigenvalue weighted by atomic mass is 10.1. The summed E-state index contributed by atoms with van der Waals surface area (Å²) in [4.78, 5) is 11.8. The summed E-state index contributed by atoms with van der Waals surface area (Å²) >= 11 is 0. The van der Waals surface area contributed by atoms with Gasteiger partial charge in [0.2, 0.25) is 0 Å². The van der Waals surface area contributed by atoms with Crippen molar-refractivity contribution in [2.24, 2.45) is 0 Å². The number of carbonyl (C=O) groups is 1. The van der Waals surface area contributed by atoms with Gasteiger partial charge in [-0.3, -0.25) is 4.79 Å². The van der Waals surface area contributed by atoms with Crippen LogP contribution in [-0.4, -0.2) is 18.0 Å². The van der Waals surface area contributed by atoms with E-state index in [0.29, 0.717) is 5.75 Å². The first-order chi connectivity index (χ1) is 12.7. The van der Waals surface area contributed by atoms with Crippen LogP contribution in [0.1, 0.15) is 76.7 Å². The number of benzene rings is 1. The maximum absolute atomic E-state index is 11.8. The van der Waals surface area contributed by atoms with Crippen LogP contribution < -0.4 is 4.74 Å². The number of ketones is 1. The predicted molar refractivity (Wildman–Crippen MR) is 110 cm³/mol. The van der Waals surface area contributed by atoms with Crippen LogP contribution in [0.2, 0.25) is 0 Å². The Bertz CT molecular complexity index is 573. The van der Waals surface area contributed by atoms with Gasteiger partial charge in [-0.05, 0) is 42.7 Å². The Hall–Kier alpha value is -2.03. The van der Waals surface area contributed by atoms with Crippen molar-refractivity contribution in [1.29, 1.82) is 0 Å². The highest BCUT2D eigenvalue weighted by Crippen LogP contribution is 2.26. The number of hydrogen-bond donors (Lipinski definition) is 1. The first-order valence-corrected chi connectivity index (χ1v) is 9.93. The van der Waals surface area contributed by atoms with Crippen molar-refractivity contribution in [3.63, 3.8) is 0 Å². The molecule has 0 spiro atoms. The number of phenols is 1. The zero-order valence-corrected chi connectivity index (χ0v) is 16.4. The number of hydrogen-bond acceptors (Lipinski definition) is 3. The lowest BCUT2D eigenvalue weighted by Crippen LogP contribution is -1.87. The highest BCUT2D eigenvalue weighted by Gasteiger charge is 2.00. The second kappa shape index (κ2) is 14.2. The van der Waals surface area contributed by atoms with Crippen molar-refractivity contribution in [3.8, 4) is 11.5 Å². The first kappa shape index (κ1) is 22.0. The quantitative estimate of drug-likeness (QED) is 0.306. The van der Waals surface area contributed by atoms with E-state index in [2.05, 4.69) is 6.92 Å². The number of carbonyl (C=O) groups excluding carboxylic acids is 1. The Morgan fingerprint density at radius 1 is 1.00 bits per heavy atom. The van der Waals surface area contributed by atoms with Gasteiger partial charge in [-0.25, -0.2) is 0 Å². The van der Waals surface area contributed by atoms with E-state index < -0.39 is 0 Å². The molecule has 0 aromatic heterocycles. The van der Waals surface area contributed by atoms with Crippen LogP contribution in [0.15, 0.2) is 36.4 Å². The number of allylic oxidation sites excluding steroid dienone is 3. The predicted octanol–water partition coefficient (Wildman–Crippen LogP) is 6.46. The minimum Gasteiger partial charge on any atom is -0.504 e. The highest BCUT2D eigenvalue weighted by atomic mass is 16.5. The molecule has 3 heteroatoms. The molecule has 0 saturated carbocycles. The summed E-state index contributed by atoms with van der Waals surface area (Å²) in [7, 11) is 1.50. The van der Waals surface area contributed by atoms with Gasteiger partial charge in [-0.2, -0.15) is 0 Å². The molecule has 144 valence electrons. The van der Waals surface area contributed by atoms with Gasteiger partial charge < -0.3 is 9.84 Å². The van der Waals surface area contributed by atoms with E-state index in [1.807, 2.05) is 6.08 Å². The average molecular weight is 359 g/mol. The number of unbranched alkanes of at least 4 members (excludes halogenated alkanes) is 9. The molecule has 0 amide bonds. The van der Waals surface area contributed by atoms with Gasteiger partial charge in [0, 0.05) is 0 Å². The summed E-state index contributed by atoms with van der Waals surface area (Å²) in [6.45, 7) is 2.25. The SMILES string of the molecule is CCCCCCCCCCC/C=C/C(=O)/C=C/c1ccc(O)c(OC)c1. The molecule has 0 radical (unpaired) electrons. The van der Waals surface area contributed by atoms with Gasteiger partial charge in [0.05, 0.1) is 7.11 Å². The largest absolute Gasteiger partial charge is 0.504 e. The van der Waals surface area contributed by atoms with Gasteiger partial charge in [0.25, 0.3) is 0 Å². The summed E-state index contributed by atoms with van der Waals surface area (Å²) in [6, 6.07) is 5.00. The molecular formula is C23H34O3. The van der Waals surface area contributed by atoms with Gasteiger partial charge in [-0.1, -0.05) is 76.5 Å². The Morgan fingerprint density at radius 3 is 2.31 bits per heavy atom. The summed E-state index contributed by atoms with van der Waals surface area (Å²) in [5, 5.41) is 9.55. The molecule has 0 heterocycles. The molecule has 1 rings (SSSR count). The van der Waals surface area contributed by atoms with Crippen molar-refractivity contribution < 1.29 is 14.6 Å². The molecule has 0 fully saturated rings. The highest BCUT2D eigenvalue weighted by molar-refractivity contribution is 6.01. The molecule has 1 aromatic carbocycles. The average Bonchev–Trinajstić information content (AvgIpc) is 2.65. The number of rotatable bonds is 14. The fraction of sp³-hybridized carbons (Fsp3) is 0.522. The Morgan fingerprint density at radius 2 is 1.65 bits per heavy atom. The van der Waals surface area contributed by atoms with Crippen molar-refractivity contribution in [3.05, 3.63) is 42.0 Å². The molecule has 0 bridgehead atoms. The summed E-state index contributed by atoms with van der Waals surface area (Å²) in [5.74, 6) is 0.477. The van der Waals surface area contributed by atoms with E-state index in [4.69, 9.17) is 4.74 Å². The minimum absolute atomic E-state index is 0.0204. The van der Waals surface area contributed by atoms with E-state index >= 15 is 0 Å². The van der Waals surface area contributed by atoms with Gasteiger partial charge in [0.15, 0.2) is 17.3 Å². The van der Waals surface area contributed by atoms with Gasteiger partial charge >= 0.3 is 0 Å². The second-order valence-electron chi connectivity index (χ2n) is 6.69. The zero-order chi connectivity index (χ0) is 19.0. The molecular weight excluding hydrogens is 324 g/mol. The van der Waals surface area contributed by atoms with Crippen molar-refractivity contribution >= 4 is 11.9 Å². The lowest BCUT2D eigenvalue weighted by molar-refractivity contribution is -0.110. The molecule has 0 unspecified atom stereocenters. The number of phenolic OH excluding ortho intramolecular Hbond substituents is 1. The molecule has 0 saturated heterocycles. The second-order valence-corrected chi connectivity index (χ2v) is 6.69. The molecule has 0 aliphatic carbocycles. The molecule has 0 atom stereocenters. The molecule has 26 heavy (non-hydrogen) atoms. The van der Waals surface area contributed by atoms with Crippen LogP contribution in [0.4, 0.5) is 0 Å². The maximum atomic E-state index is 11.8. The fourth-order valence-corrected chi connectivity index (χ4v) is 2.80. The van der Waals surface area contributed by atoms with E-state index in [9.17, 15) is 9.90 Å². The van der Waals surface area contributed by atoms with Gasteiger partial charge in [0.1, 0.15) is 0 Å². The molecule has 0 aliphatic heterocycles. The van der Waals surface area contributed by atoms with Crippen LogP contribution in [0.3, 0.4) is 0 Å². The smallest absolute Gasteiger partial charge is 0.178 e. The third kappa shape index (κ3) is 10.1. The maximum Gasteiger partial charge on any atom is 0.178 e. The third-order valence-corrected chi connectivity index (χ3v) is 4.40. The van der Waals surface area contributed by atoms with Crippen LogP contribution in [-0.2, 0) is 4.79 Å². The van der Waals surface area contributed by atoms with E-state index in [1.54, 1.807) is 36.4 Å². The summed E-state index contributed by atoms with van der Waals surface area (Å²) in [5.41, 5.74) is 0.820. The molecule has 0 aliphatic rings. The van der Waals surface area contributed by atoms with Crippen molar-refractivity contribution in [2.75, 3.05) is 7.11 Å². The van der Waals surface area contributed by atoms with E-state index in [1.165, 1.54) is 58.5 Å². The third-order valence-electron chi connectivity index (χ3n) is 4.40. The Kier molecular flexibility index (Phi) is 12.0. The molecule has 1 N–H and O–H groups in total. The van der Waals surface area contributed by atoms with E-state index in [0.717, 1.165) is 18.4 Å². The molecule has 1 aromatic rings. The van der Waals surface area contributed by atoms with Crippen molar-refractivity contribution in [2.45, 2.75) is 71.1 Å². The number of ether oxygens (including phenoxy) is 1. The Labute approximate surface area is 158 Å². The first-order valence-electron chi connectivity index (χ1n) is 9.93. The minimum atomic E-state index is -0.0204. The van der Waals surface area contributed by atoms with E-state index in [-0.39, 0.29) is 11.5 Å². The summed E-state index contributed by atoms with van der Waals surface area (Å²) in [6.07, 6.45) is 19.7. The van der Waals surface area contributed by atoms with Gasteiger partial charge in [-0.15, -0.1) is 0 Å². The fourth-order valence-electron chi connectivity index (χ4n) is 2.80. The lowest BCUT2D eigenvalue weighted by Gasteiger charge is -2.03. The van der Waals surface area contributed by atoms with Crippen LogP contribution in [0.5, 0.6) is 11.5 Å². The van der Waals surface area contributed by atoms with Crippen molar-refractivity contribution in [1.82, 2.24) is 0 Å². The van der Waals surface area contributed by atoms with Crippen LogP contribution >= 0.6 is 0 Å². The summed E-state index contributed by atoms with van der Waals surface area (Å²) < 4.78 is 5.05. The van der Waals surface area contributed by atoms with Crippen LogP contribution in [0, 0.1) is 0 Å². The monoisotopic (exact) mass is 358 g/mol. The Balaban J connectivity index is 2.15. The standard InChI is InChI=1S/C23H34O3/c1-3-4-5-6-7-8-9-10-11-12-13-14-21(24)17-15-20-16-18-22(25)23(19-20)26-2/h13-19,25H,3-12H2,1-2H3/b14-13+,17-15+. The normalized spacial score (nSPS) is 11.5. The van der Waals surface area contributed by atoms with Crippen LogP contribution in [0.25, 0.3) is 6.08 Å². The molecule has 3 nitrogen and oxygen atoms in total. The topological polar surface area (TPSA) is 46.5 Å². The number of methoxy groups -OCH3 is 1. The zero-order valence-electron chi connectivity index (χ0n) is 16.4.